The molecule has 1 saturated heterocycles. The van der Waals surface area contributed by atoms with E-state index in [0.29, 0.717) is 6.42 Å². The van der Waals surface area contributed by atoms with Crippen molar-refractivity contribution in [1.29, 1.82) is 0 Å². The molecule has 0 radical (unpaired) electrons. The first kappa shape index (κ1) is 6.67. The van der Waals surface area contributed by atoms with Crippen LogP contribution < -0.4 is 0 Å². The van der Waals surface area contributed by atoms with Crippen LogP contribution in [0.2, 0.25) is 0 Å². The van der Waals surface area contributed by atoms with Gasteiger partial charge in [0, 0.05) is 6.42 Å². The van der Waals surface area contributed by atoms with Crippen LogP contribution in [0.25, 0.3) is 0 Å². The van der Waals surface area contributed by atoms with Gasteiger partial charge in [-0.2, -0.15) is 0 Å². The summed E-state index contributed by atoms with van der Waals surface area (Å²) < 4.78 is 4.34. The Morgan fingerprint density at radius 3 is 2.56 bits per heavy atom. The molecule has 52 valence electrons. The van der Waals surface area contributed by atoms with Gasteiger partial charge in [0.05, 0.1) is 6.61 Å². The number of ketones is 1. The molecule has 0 aromatic rings. The molecule has 1 aliphatic heterocycles. The molecule has 1 aliphatic rings. The van der Waals surface area contributed by atoms with E-state index in [0.717, 1.165) is 0 Å². The average Bonchev–Trinajstić information content (AvgIpc) is 1.77. The van der Waals surface area contributed by atoms with Crippen molar-refractivity contribution in [2.24, 2.45) is 0 Å². The van der Waals surface area contributed by atoms with E-state index < -0.39 is 11.8 Å². The minimum absolute atomic E-state index is 0.188. The normalized spacial score (nSPS) is 26.2. The quantitative estimate of drug-likeness (QED) is 0.415. The molecule has 9 heavy (non-hydrogen) atoms. The van der Waals surface area contributed by atoms with Crippen molar-refractivity contribution in [3.63, 3.8) is 0 Å². The van der Waals surface area contributed by atoms with Crippen LogP contribution in [-0.2, 0) is 9.53 Å². The van der Waals surface area contributed by atoms with E-state index in [9.17, 15) is 4.79 Å². The molecule has 0 saturated carbocycles. The van der Waals surface area contributed by atoms with Crippen LogP contribution in [0.3, 0.4) is 0 Å². The fourth-order valence-electron chi connectivity index (χ4n) is 0.691. The van der Waals surface area contributed by atoms with Gasteiger partial charge in [-0.05, 0) is 6.42 Å². The van der Waals surface area contributed by atoms with Gasteiger partial charge in [0.2, 0.25) is 5.78 Å². The summed E-state index contributed by atoms with van der Waals surface area (Å²) in [6.07, 6.45) is 0.759. The second-order valence-electron chi connectivity index (χ2n) is 1.98. The lowest BCUT2D eigenvalue weighted by Gasteiger charge is -2.23. The van der Waals surface area contributed by atoms with Gasteiger partial charge in [0.25, 0.3) is 0 Å². The van der Waals surface area contributed by atoms with Gasteiger partial charge in [-0.1, -0.05) is 0 Å². The molecule has 0 bridgehead atoms. The summed E-state index contributed by atoms with van der Waals surface area (Å²) in [6, 6.07) is 0. The van der Waals surface area contributed by atoms with Gasteiger partial charge >= 0.3 is 5.97 Å². The van der Waals surface area contributed by atoms with Crippen molar-refractivity contribution >= 4 is 5.78 Å². The smallest absolute Gasteiger partial charge is 0.337 e. The zero-order chi connectivity index (χ0) is 6.91. The molecule has 2 N–H and O–H groups in total. The van der Waals surface area contributed by atoms with E-state index >= 15 is 0 Å². The Morgan fingerprint density at radius 1 is 1.56 bits per heavy atom. The Morgan fingerprint density at radius 2 is 2.22 bits per heavy atom. The van der Waals surface area contributed by atoms with E-state index in [1.807, 2.05) is 0 Å². The number of carbonyl (C=O) groups excluding carboxylic acids is 1. The molecule has 0 amide bonds. The molecule has 0 aliphatic carbocycles. The summed E-state index contributed by atoms with van der Waals surface area (Å²) in [7, 11) is 0. The first-order valence-electron chi connectivity index (χ1n) is 2.75. The second kappa shape index (κ2) is 2.06. The lowest BCUT2D eigenvalue weighted by Crippen LogP contribution is -2.44. The lowest BCUT2D eigenvalue weighted by molar-refractivity contribution is -0.319. The maximum atomic E-state index is 10.5. The lowest BCUT2D eigenvalue weighted by atomic mass is 10.1. The maximum Gasteiger partial charge on any atom is 0.341 e. The zero-order valence-electron chi connectivity index (χ0n) is 4.83. The molecule has 0 aromatic carbocycles. The number of carbonyl (C=O) groups is 1. The van der Waals surface area contributed by atoms with Gasteiger partial charge in [0.1, 0.15) is 0 Å². The van der Waals surface area contributed by atoms with E-state index in [-0.39, 0.29) is 13.0 Å². The topological polar surface area (TPSA) is 66.8 Å². The van der Waals surface area contributed by atoms with Crippen LogP contribution >= 0.6 is 0 Å². The van der Waals surface area contributed by atoms with E-state index in [4.69, 9.17) is 10.2 Å². The van der Waals surface area contributed by atoms with Crippen molar-refractivity contribution in [2.75, 3.05) is 6.61 Å². The summed E-state index contributed by atoms with van der Waals surface area (Å²) in [5, 5.41) is 17.3. The van der Waals surface area contributed by atoms with Crippen molar-refractivity contribution in [2.45, 2.75) is 18.8 Å². The number of aliphatic hydroxyl groups is 2. The Hall–Kier alpha value is -0.450. The second-order valence-corrected chi connectivity index (χ2v) is 1.98. The summed E-state index contributed by atoms with van der Waals surface area (Å²) in [5.41, 5.74) is 0. The minimum Gasteiger partial charge on any atom is -0.337 e. The highest BCUT2D eigenvalue weighted by atomic mass is 16.8. The van der Waals surface area contributed by atoms with Crippen molar-refractivity contribution in [3.05, 3.63) is 0 Å². The molecule has 0 atom stereocenters. The fraction of sp³-hybridized carbons (Fsp3) is 0.800. The number of ether oxygens (including phenoxy) is 1. The molecule has 0 aromatic heterocycles. The van der Waals surface area contributed by atoms with Crippen LogP contribution in [0.1, 0.15) is 12.8 Å². The molecule has 1 fully saturated rings. The van der Waals surface area contributed by atoms with E-state index in [2.05, 4.69) is 4.74 Å². The highest BCUT2D eigenvalue weighted by Gasteiger charge is 2.36. The highest BCUT2D eigenvalue weighted by Crippen LogP contribution is 2.14. The van der Waals surface area contributed by atoms with Gasteiger partial charge < -0.3 is 14.9 Å². The Balaban J connectivity index is 2.60. The van der Waals surface area contributed by atoms with Crippen LogP contribution in [-0.4, -0.2) is 28.6 Å². The van der Waals surface area contributed by atoms with Gasteiger partial charge in [-0.15, -0.1) is 0 Å². The largest absolute Gasteiger partial charge is 0.341 e. The van der Waals surface area contributed by atoms with Gasteiger partial charge in [0.15, 0.2) is 0 Å². The molecule has 1 heterocycles. The summed E-state index contributed by atoms with van der Waals surface area (Å²) in [6.45, 7) is 0.235. The average molecular weight is 132 g/mol. The minimum atomic E-state index is -2.50. The van der Waals surface area contributed by atoms with Crippen LogP contribution in [0.4, 0.5) is 0 Å². The Labute approximate surface area is 52.1 Å². The maximum absolute atomic E-state index is 10.5. The summed E-state index contributed by atoms with van der Waals surface area (Å²) >= 11 is 0. The summed E-state index contributed by atoms with van der Waals surface area (Å²) in [4.78, 5) is 10.5. The molecule has 4 nitrogen and oxygen atoms in total. The van der Waals surface area contributed by atoms with Crippen LogP contribution in [0.15, 0.2) is 0 Å². The number of rotatable bonds is 0. The zero-order valence-corrected chi connectivity index (χ0v) is 4.83. The predicted octanol–water partition coefficient (Wildman–Crippen LogP) is -0.996. The van der Waals surface area contributed by atoms with Crippen molar-refractivity contribution < 1.29 is 19.7 Å². The van der Waals surface area contributed by atoms with E-state index in [1.54, 1.807) is 0 Å². The van der Waals surface area contributed by atoms with Gasteiger partial charge in [-0.25, -0.2) is 0 Å². The SMILES string of the molecule is O=C1CCCOC1(O)O. The Bertz CT molecular complexity index is 129. The number of hydrogen-bond acceptors (Lipinski definition) is 4. The molecule has 0 unspecified atom stereocenters. The van der Waals surface area contributed by atoms with Gasteiger partial charge in [-0.3, -0.25) is 4.79 Å². The summed E-state index contributed by atoms with van der Waals surface area (Å²) in [5.74, 6) is -3.16. The molecule has 0 spiro atoms. The van der Waals surface area contributed by atoms with Crippen LogP contribution in [0.5, 0.6) is 0 Å². The molecule has 4 heteroatoms. The Kier molecular flexibility index (Phi) is 1.52. The first-order valence-corrected chi connectivity index (χ1v) is 2.75. The number of Topliss-reactive ketones (excluding diaryl/α,β-unsaturated/α-hetero) is 1. The van der Waals surface area contributed by atoms with E-state index in [1.165, 1.54) is 0 Å². The van der Waals surface area contributed by atoms with Crippen LogP contribution in [0, 0.1) is 0 Å². The standard InChI is InChI=1S/C5H8O4/c6-4-2-1-3-9-5(4,7)8/h7-8H,1-3H2. The predicted molar refractivity (Wildman–Crippen MR) is 27.4 cm³/mol. The third-order valence-corrected chi connectivity index (χ3v) is 1.21. The fourth-order valence-corrected chi connectivity index (χ4v) is 0.691. The molecular weight excluding hydrogens is 124 g/mol. The highest BCUT2D eigenvalue weighted by molar-refractivity contribution is 5.84. The molecule has 1 rings (SSSR count). The monoisotopic (exact) mass is 132 g/mol. The van der Waals surface area contributed by atoms with Crippen molar-refractivity contribution in [1.82, 2.24) is 0 Å². The third kappa shape index (κ3) is 1.27. The molecular formula is C5H8O4. The number of hydrogen-bond donors (Lipinski definition) is 2. The first-order chi connectivity index (χ1) is 4.13. The van der Waals surface area contributed by atoms with Crippen molar-refractivity contribution in [3.8, 4) is 0 Å². The third-order valence-electron chi connectivity index (χ3n) is 1.21.